The molecule has 0 saturated carbocycles. The fourth-order valence-corrected chi connectivity index (χ4v) is 4.89. The predicted octanol–water partition coefficient (Wildman–Crippen LogP) is 2.95. The summed E-state index contributed by atoms with van der Waals surface area (Å²) in [5.41, 5.74) is 1.70. The Bertz CT molecular complexity index is 957. The fraction of sp³-hybridized carbons (Fsp3) is 0.400. The third-order valence-corrected chi connectivity index (χ3v) is 6.79. The lowest BCUT2D eigenvalue weighted by Gasteiger charge is -2.08. The van der Waals surface area contributed by atoms with E-state index in [0.717, 1.165) is 12.1 Å². The Labute approximate surface area is 159 Å². The molecule has 1 atom stereocenters. The minimum absolute atomic E-state index is 0.109. The van der Waals surface area contributed by atoms with E-state index >= 15 is 0 Å². The molecule has 0 spiro atoms. The second-order valence-electron chi connectivity index (χ2n) is 6.69. The Morgan fingerprint density at radius 2 is 1.85 bits per heavy atom. The lowest BCUT2D eigenvalue weighted by molar-refractivity contribution is -0.142. The molecule has 144 valence electrons. The number of esters is 1. The Balaban J connectivity index is 1.83. The van der Waals surface area contributed by atoms with Gasteiger partial charge in [-0.25, -0.2) is 8.42 Å². The summed E-state index contributed by atoms with van der Waals surface area (Å²) in [4.78, 5) is 24.9. The number of sulfone groups is 1. The van der Waals surface area contributed by atoms with Crippen LogP contribution in [0.15, 0.2) is 41.3 Å². The topological polar surface area (TPSA) is 82.4 Å². The molecule has 0 amide bonds. The average molecular weight is 389 g/mol. The van der Waals surface area contributed by atoms with Gasteiger partial charge in [-0.3, -0.25) is 9.59 Å². The molecule has 2 aromatic rings. The first-order valence-electron chi connectivity index (χ1n) is 9.03. The highest BCUT2D eigenvalue weighted by Crippen LogP contribution is 2.32. The number of methoxy groups -OCH3 is 1. The van der Waals surface area contributed by atoms with Gasteiger partial charge in [-0.15, -0.1) is 0 Å². The largest absolute Gasteiger partial charge is 0.469 e. The summed E-state index contributed by atoms with van der Waals surface area (Å²) in [6.45, 7) is 2.52. The van der Waals surface area contributed by atoms with Crippen LogP contribution in [0.25, 0.3) is 0 Å². The van der Waals surface area contributed by atoms with Crippen molar-refractivity contribution < 1.29 is 22.7 Å². The lowest BCUT2D eigenvalue weighted by atomic mass is 10.1. The fourth-order valence-electron chi connectivity index (χ4n) is 3.44. The van der Waals surface area contributed by atoms with E-state index in [0.29, 0.717) is 30.6 Å². The maximum absolute atomic E-state index is 12.9. The first kappa shape index (κ1) is 19.4. The van der Waals surface area contributed by atoms with Gasteiger partial charge >= 0.3 is 5.97 Å². The highest BCUT2D eigenvalue weighted by atomic mass is 32.2. The quantitative estimate of drug-likeness (QED) is 0.537. The van der Waals surface area contributed by atoms with Gasteiger partial charge < -0.3 is 9.30 Å². The third kappa shape index (κ3) is 3.69. The molecule has 7 heteroatoms. The summed E-state index contributed by atoms with van der Waals surface area (Å²) in [5, 5.41) is 0. The van der Waals surface area contributed by atoms with Crippen molar-refractivity contribution in [2.24, 2.45) is 0 Å². The SMILES string of the molecule is CCCCS(=O)(=O)c1ccc(C(=O)c2ccc3n2CCC3C(=O)OC)cc1. The van der Waals surface area contributed by atoms with Gasteiger partial charge in [0.05, 0.1) is 29.4 Å². The number of ether oxygens (including phenoxy) is 1. The molecule has 1 unspecified atom stereocenters. The first-order valence-corrected chi connectivity index (χ1v) is 10.7. The standard InChI is InChI=1S/C20H23NO5S/c1-3-4-13-27(24,25)15-7-5-14(6-8-15)19(22)18-10-9-17-16(20(23)26-2)11-12-21(17)18/h5-10,16H,3-4,11-13H2,1-2H3. The van der Waals surface area contributed by atoms with Gasteiger partial charge in [0.1, 0.15) is 0 Å². The summed E-state index contributed by atoms with van der Waals surface area (Å²) in [6.07, 6.45) is 2.03. The molecule has 1 aliphatic heterocycles. The summed E-state index contributed by atoms with van der Waals surface area (Å²) >= 11 is 0. The maximum atomic E-state index is 12.9. The highest BCUT2D eigenvalue weighted by Gasteiger charge is 2.32. The number of fused-ring (bicyclic) bond motifs is 1. The Kier molecular flexibility index (Phi) is 5.51. The van der Waals surface area contributed by atoms with Gasteiger partial charge in [0.2, 0.25) is 5.78 Å². The molecule has 27 heavy (non-hydrogen) atoms. The lowest BCUT2D eigenvalue weighted by Crippen LogP contribution is -2.12. The zero-order valence-electron chi connectivity index (χ0n) is 15.5. The van der Waals surface area contributed by atoms with Gasteiger partial charge in [0.15, 0.2) is 9.84 Å². The van der Waals surface area contributed by atoms with E-state index in [-0.39, 0.29) is 28.3 Å². The van der Waals surface area contributed by atoms with Gasteiger partial charge in [-0.1, -0.05) is 13.3 Å². The van der Waals surface area contributed by atoms with Crippen molar-refractivity contribution in [3.63, 3.8) is 0 Å². The van der Waals surface area contributed by atoms with Crippen molar-refractivity contribution in [2.75, 3.05) is 12.9 Å². The van der Waals surface area contributed by atoms with Gasteiger partial charge in [0.25, 0.3) is 0 Å². The molecule has 0 aliphatic carbocycles. The molecule has 2 heterocycles. The number of aromatic nitrogens is 1. The van der Waals surface area contributed by atoms with Gasteiger partial charge in [0, 0.05) is 17.8 Å². The van der Waals surface area contributed by atoms with E-state index in [1.165, 1.54) is 19.2 Å². The third-order valence-electron chi connectivity index (χ3n) is 4.97. The van der Waals surface area contributed by atoms with Crippen LogP contribution in [-0.4, -0.2) is 37.6 Å². The summed E-state index contributed by atoms with van der Waals surface area (Å²) < 4.78 is 31.2. The van der Waals surface area contributed by atoms with Crippen molar-refractivity contribution in [1.29, 1.82) is 0 Å². The summed E-state index contributed by atoms with van der Waals surface area (Å²) in [6, 6.07) is 9.57. The van der Waals surface area contributed by atoms with Crippen LogP contribution >= 0.6 is 0 Å². The van der Waals surface area contributed by atoms with Crippen molar-refractivity contribution >= 4 is 21.6 Å². The van der Waals surface area contributed by atoms with Gasteiger partial charge in [-0.05, 0) is 49.2 Å². The molecule has 0 fully saturated rings. The molecular weight excluding hydrogens is 366 g/mol. The molecule has 0 saturated heterocycles. The minimum Gasteiger partial charge on any atom is -0.469 e. The molecule has 1 aromatic heterocycles. The molecule has 0 bridgehead atoms. The van der Waals surface area contributed by atoms with E-state index in [2.05, 4.69) is 0 Å². The Morgan fingerprint density at radius 3 is 2.48 bits per heavy atom. The number of hydrogen-bond donors (Lipinski definition) is 0. The molecule has 1 aromatic carbocycles. The van der Waals surface area contributed by atoms with E-state index < -0.39 is 9.84 Å². The van der Waals surface area contributed by atoms with Crippen LogP contribution in [0.5, 0.6) is 0 Å². The molecule has 6 nitrogen and oxygen atoms in total. The van der Waals surface area contributed by atoms with Crippen LogP contribution in [-0.2, 0) is 25.9 Å². The number of nitrogens with zero attached hydrogens (tertiary/aromatic N) is 1. The normalized spacial score (nSPS) is 16.1. The number of benzene rings is 1. The number of hydrogen-bond acceptors (Lipinski definition) is 5. The maximum Gasteiger partial charge on any atom is 0.314 e. The number of rotatable bonds is 7. The Hall–Kier alpha value is -2.41. The van der Waals surface area contributed by atoms with E-state index in [1.54, 1.807) is 24.3 Å². The molecule has 0 radical (unpaired) electrons. The van der Waals surface area contributed by atoms with Crippen LogP contribution in [0.4, 0.5) is 0 Å². The van der Waals surface area contributed by atoms with Crippen molar-refractivity contribution in [3.8, 4) is 0 Å². The van der Waals surface area contributed by atoms with Crippen molar-refractivity contribution in [2.45, 2.75) is 43.5 Å². The molecular formula is C20H23NO5S. The second-order valence-corrected chi connectivity index (χ2v) is 8.79. The zero-order valence-corrected chi connectivity index (χ0v) is 16.3. The van der Waals surface area contributed by atoms with E-state index in [1.807, 2.05) is 11.5 Å². The van der Waals surface area contributed by atoms with E-state index in [4.69, 9.17) is 4.74 Å². The van der Waals surface area contributed by atoms with Gasteiger partial charge in [-0.2, -0.15) is 0 Å². The zero-order chi connectivity index (χ0) is 19.6. The monoisotopic (exact) mass is 389 g/mol. The number of unbranched alkanes of at least 4 members (excludes halogenated alkanes) is 1. The predicted molar refractivity (Wildman–Crippen MR) is 101 cm³/mol. The molecule has 1 aliphatic rings. The van der Waals surface area contributed by atoms with Crippen LogP contribution in [0, 0.1) is 0 Å². The smallest absolute Gasteiger partial charge is 0.314 e. The molecule has 0 N–H and O–H groups in total. The van der Waals surface area contributed by atoms with Crippen molar-refractivity contribution in [1.82, 2.24) is 4.57 Å². The highest BCUT2D eigenvalue weighted by molar-refractivity contribution is 7.91. The van der Waals surface area contributed by atoms with Crippen LogP contribution in [0.2, 0.25) is 0 Å². The second kappa shape index (κ2) is 7.68. The number of carbonyl (C=O) groups excluding carboxylic acids is 2. The average Bonchev–Trinajstić information content (AvgIpc) is 3.27. The number of ketones is 1. The van der Waals surface area contributed by atoms with Crippen LogP contribution in [0.3, 0.4) is 0 Å². The Morgan fingerprint density at radius 1 is 1.15 bits per heavy atom. The number of carbonyl (C=O) groups is 2. The molecule has 3 rings (SSSR count). The van der Waals surface area contributed by atoms with Crippen LogP contribution in [0.1, 0.15) is 53.8 Å². The van der Waals surface area contributed by atoms with Crippen molar-refractivity contribution in [3.05, 3.63) is 53.3 Å². The van der Waals surface area contributed by atoms with E-state index in [9.17, 15) is 18.0 Å². The summed E-state index contributed by atoms with van der Waals surface area (Å²) in [5.74, 6) is -0.725. The van der Waals surface area contributed by atoms with Crippen LogP contribution < -0.4 is 0 Å². The first-order chi connectivity index (χ1) is 12.9. The minimum atomic E-state index is -3.32. The summed E-state index contributed by atoms with van der Waals surface area (Å²) in [7, 11) is -1.96.